The summed E-state index contributed by atoms with van der Waals surface area (Å²) in [4.78, 5) is 0. The van der Waals surface area contributed by atoms with Crippen LogP contribution in [0, 0.1) is 0 Å². The Morgan fingerprint density at radius 1 is 1.45 bits per heavy atom. The summed E-state index contributed by atoms with van der Waals surface area (Å²) in [6.07, 6.45) is 2.27. The number of thioether (sulfide) groups is 1. The molecule has 2 rings (SSSR count). The average Bonchev–Trinajstić information content (AvgIpc) is 2.70. The largest absolute Gasteiger partial charge is 0.308 e. The van der Waals surface area contributed by atoms with E-state index in [1.54, 1.807) is 11.3 Å². The molecule has 0 bridgehead atoms. The molecule has 0 radical (unpaired) electrons. The van der Waals surface area contributed by atoms with E-state index in [1.807, 2.05) is 25.6 Å². The molecule has 1 aromatic rings. The van der Waals surface area contributed by atoms with Crippen LogP contribution in [0.5, 0.6) is 0 Å². The maximum atomic E-state index is 11.4. The Hall–Kier alpha value is -0.0800. The molecule has 0 fully saturated rings. The molecule has 0 saturated carbocycles. The average molecular weight is 335 g/mol. The maximum Gasteiger partial charge on any atom is 0.209 e. The fraction of sp³-hybridized carbons (Fsp3) is 0.692. The van der Waals surface area contributed by atoms with Crippen LogP contribution in [-0.4, -0.2) is 32.0 Å². The second kappa shape index (κ2) is 5.96. The normalized spacial score (nSPS) is 23.6. The fourth-order valence-electron chi connectivity index (χ4n) is 2.46. The number of hydrogen-bond donors (Lipinski definition) is 2. The first-order valence-electron chi connectivity index (χ1n) is 6.63. The standard InChI is InChI=1S/C13H22N2O2S3/c1-9-7-11(10-5-6-18-12(10)19-9)14-8-13(2,3)15-20(4,16)17/h5-6,9,11,14-15H,7-8H2,1-4H3/t9-,11?/m0/s1. The number of fused-ring (bicyclic) bond motifs is 1. The van der Waals surface area contributed by atoms with Crippen molar-refractivity contribution < 1.29 is 8.42 Å². The number of hydrogen-bond acceptors (Lipinski definition) is 5. The van der Waals surface area contributed by atoms with Gasteiger partial charge in [0.15, 0.2) is 0 Å². The molecule has 20 heavy (non-hydrogen) atoms. The molecule has 2 heterocycles. The Balaban J connectivity index is 2.01. The summed E-state index contributed by atoms with van der Waals surface area (Å²) in [5, 5.41) is 6.24. The van der Waals surface area contributed by atoms with Crippen LogP contribution in [0.2, 0.25) is 0 Å². The zero-order chi connectivity index (χ0) is 15.0. The van der Waals surface area contributed by atoms with Gasteiger partial charge in [0.05, 0.1) is 10.5 Å². The Labute approximate surface area is 129 Å². The van der Waals surface area contributed by atoms with Crippen molar-refractivity contribution in [2.24, 2.45) is 0 Å². The van der Waals surface area contributed by atoms with Crippen LogP contribution in [0.1, 0.15) is 38.8 Å². The number of thiophene rings is 1. The molecule has 0 spiro atoms. The van der Waals surface area contributed by atoms with E-state index in [4.69, 9.17) is 0 Å². The predicted octanol–water partition coefficient (Wildman–Crippen LogP) is 2.59. The van der Waals surface area contributed by atoms with Gasteiger partial charge in [-0.15, -0.1) is 23.1 Å². The van der Waals surface area contributed by atoms with Crippen LogP contribution in [0.15, 0.2) is 15.7 Å². The van der Waals surface area contributed by atoms with E-state index < -0.39 is 15.6 Å². The van der Waals surface area contributed by atoms with Crippen molar-refractivity contribution >= 4 is 33.1 Å². The van der Waals surface area contributed by atoms with Gasteiger partial charge in [-0.25, -0.2) is 13.1 Å². The SMILES string of the molecule is C[C@H]1CC(NCC(C)(C)NS(C)(=O)=O)c2ccsc2S1. The van der Waals surface area contributed by atoms with Gasteiger partial charge >= 0.3 is 0 Å². The second-order valence-corrected chi connectivity index (χ2v) is 10.4. The van der Waals surface area contributed by atoms with Crippen molar-refractivity contribution in [3.63, 3.8) is 0 Å². The van der Waals surface area contributed by atoms with E-state index in [2.05, 4.69) is 28.4 Å². The number of rotatable bonds is 5. The van der Waals surface area contributed by atoms with Crippen molar-refractivity contribution in [2.75, 3.05) is 12.8 Å². The number of sulfonamides is 1. The van der Waals surface area contributed by atoms with Gasteiger partial charge in [-0.2, -0.15) is 0 Å². The molecule has 0 aliphatic carbocycles. The van der Waals surface area contributed by atoms with Gasteiger partial charge < -0.3 is 5.32 Å². The highest BCUT2D eigenvalue weighted by atomic mass is 32.2. The molecule has 2 N–H and O–H groups in total. The lowest BCUT2D eigenvalue weighted by atomic mass is 10.0. The molecule has 1 unspecified atom stereocenters. The van der Waals surface area contributed by atoms with Crippen LogP contribution < -0.4 is 10.0 Å². The molecular weight excluding hydrogens is 312 g/mol. The van der Waals surface area contributed by atoms with Crippen molar-refractivity contribution in [1.82, 2.24) is 10.0 Å². The Bertz CT molecular complexity index is 566. The maximum absolute atomic E-state index is 11.4. The van der Waals surface area contributed by atoms with Crippen LogP contribution in [0.3, 0.4) is 0 Å². The van der Waals surface area contributed by atoms with E-state index in [0.29, 0.717) is 17.8 Å². The summed E-state index contributed by atoms with van der Waals surface area (Å²) < 4.78 is 26.8. The molecule has 0 aromatic carbocycles. The molecule has 114 valence electrons. The smallest absolute Gasteiger partial charge is 0.209 e. The van der Waals surface area contributed by atoms with Gasteiger partial charge in [-0.3, -0.25) is 0 Å². The highest BCUT2D eigenvalue weighted by Gasteiger charge is 2.29. The third-order valence-electron chi connectivity index (χ3n) is 3.16. The van der Waals surface area contributed by atoms with E-state index in [-0.39, 0.29) is 0 Å². The Kier molecular flexibility index (Phi) is 4.86. The van der Waals surface area contributed by atoms with Gasteiger partial charge in [-0.1, -0.05) is 6.92 Å². The zero-order valence-corrected chi connectivity index (χ0v) is 14.7. The molecule has 1 aromatic heterocycles. The zero-order valence-electron chi connectivity index (χ0n) is 12.3. The van der Waals surface area contributed by atoms with Gasteiger partial charge in [0, 0.05) is 23.4 Å². The predicted molar refractivity (Wildman–Crippen MR) is 87.1 cm³/mol. The molecule has 7 heteroatoms. The van der Waals surface area contributed by atoms with E-state index in [0.717, 1.165) is 6.42 Å². The second-order valence-electron chi connectivity index (χ2n) is 6.02. The summed E-state index contributed by atoms with van der Waals surface area (Å²) in [6.45, 7) is 6.65. The molecular formula is C13H22N2O2S3. The van der Waals surface area contributed by atoms with Crippen LogP contribution >= 0.6 is 23.1 Å². The molecule has 0 saturated heterocycles. The van der Waals surface area contributed by atoms with E-state index in [9.17, 15) is 8.42 Å². The first-order chi connectivity index (χ1) is 9.16. The van der Waals surface area contributed by atoms with Gasteiger partial charge in [0.2, 0.25) is 10.0 Å². The minimum absolute atomic E-state index is 0.313. The molecule has 1 aliphatic rings. The summed E-state index contributed by atoms with van der Waals surface area (Å²) >= 11 is 3.72. The van der Waals surface area contributed by atoms with Crippen molar-refractivity contribution in [2.45, 2.75) is 48.2 Å². The van der Waals surface area contributed by atoms with Crippen LogP contribution in [0.4, 0.5) is 0 Å². The minimum Gasteiger partial charge on any atom is -0.308 e. The van der Waals surface area contributed by atoms with Crippen LogP contribution in [0.25, 0.3) is 0 Å². The lowest BCUT2D eigenvalue weighted by Gasteiger charge is -2.32. The van der Waals surface area contributed by atoms with Crippen molar-refractivity contribution in [1.29, 1.82) is 0 Å². The van der Waals surface area contributed by atoms with Gasteiger partial charge in [0.1, 0.15) is 0 Å². The molecule has 4 nitrogen and oxygen atoms in total. The lowest BCUT2D eigenvalue weighted by molar-refractivity contribution is 0.378. The monoisotopic (exact) mass is 334 g/mol. The summed E-state index contributed by atoms with van der Waals surface area (Å²) in [5.41, 5.74) is 0.866. The summed E-state index contributed by atoms with van der Waals surface area (Å²) in [7, 11) is -3.19. The third-order valence-corrected chi connectivity index (χ3v) is 6.43. The van der Waals surface area contributed by atoms with Gasteiger partial charge in [-0.05, 0) is 37.3 Å². The highest BCUT2D eigenvalue weighted by molar-refractivity contribution is 8.01. The number of nitrogens with one attached hydrogen (secondary N) is 2. The summed E-state index contributed by atoms with van der Waals surface area (Å²) in [6, 6.07) is 2.49. The van der Waals surface area contributed by atoms with Gasteiger partial charge in [0.25, 0.3) is 0 Å². The first kappa shape index (κ1) is 16.3. The molecule has 0 amide bonds. The fourth-order valence-corrected chi connectivity index (χ4v) is 6.10. The first-order valence-corrected chi connectivity index (χ1v) is 10.3. The highest BCUT2D eigenvalue weighted by Crippen LogP contribution is 2.43. The topological polar surface area (TPSA) is 58.2 Å². The van der Waals surface area contributed by atoms with Crippen LogP contribution in [-0.2, 0) is 10.0 Å². The molecule has 2 atom stereocenters. The van der Waals surface area contributed by atoms with Crippen molar-refractivity contribution in [3.05, 3.63) is 17.0 Å². The van der Waals surface area contributed by atoms with E-state index in [1.165, 1.54) is 16.0 Å². The Morgan fingerprint density at radius 3 is 2.80 bits per heavy atom. The quantitative estimate of drug-likeness (QED) is 0.869. The van der Waals surface area contributed by atoms with Crippen molar-refractivity contribution in [3.8, 4) is 0 Å². The molecule has 1 aliphatic heterocycles. The summed E-state index contributed by atoms with van der Waals surface area (Å²) in [5.74, 6) is 0. The Morgan fingerprint density at radius 2 is 2.15 bits per heavy atom. The third kappa shape index (κ3) is 4.46. The minimum atomic E-state index is -3.19. The van der Waals surface area contributed by atoms with E-state index >= 15 is 0 Å². The lowest BCUT2D eigenvalue weighted by Crippen LogP contribution is -2.50.